The molecule has 4 heteroatoms. The van der Waals surface area contributed by atoms with Crippen LogP contribution in [0.15, 0.2) is 22.8 Å². The summed E-state index contributed by atoms with van der Waals surface area (Å²) in [6.07, 6.45) is 3.54. The molecule has 2 unspecified atom stereocenters. The number of nitrogens with one attached hydrogen (secondary N) is 2. The Bertz CT molecular complexity index is 335. The largest absolute Gasteiger partial charge is 0.469 e. The quantitative estimate of drug-likeness (QED) is 0.809. The maximum absolute atomic E-state index is 11.7. The third kappa shape index (κ3) is 2.44. The molecule has 0 spiro atoms. The van der Waals surface area contributed by atoms with Crippen LogP contribution >= 0.6 is 0 Å². The summed E-state index contributed by atoms with van der Waals surface area (Å²) in [6.45, 7) is 3.49. The third-order valence-electron chi connectivity index (χ3n) is 3.02. The average Bonchev–Trinajstić information content (AvgIpc) is 2.83. The minimum Gasteiger partial charge on any atom is -0.469 e. The number of likely N-dealkylation sites (N-methyl/N-ethyl adjacent to an activating group) is 1. The van der Waals surface area contributed by atoms with Crippen molar-refractivity contribution in [3.05, 3.63) is 24.2 Å². The topological polar surface area (TPSA) is 54.3 Å². The Hall–Kier alpha value is -1.29. The minimum atomic E-state index is -0.0798. The number of hydrogen-bond donors (Lipinski definition) is 2. The molecular weight excluding hydrogens is 204 g/mol. The van der Waals surface area contributed by atoms with Crippen molar-refractivity contribution in [1.82, 2.24) is 10.6 Å². The molecule has 0 aromatic carbocycles. The lowest BCUT2D eigenvalue weighted by Crippen LogP contribution is -2.48. The first-order valence-electron chi connectivity index (χ1n) is 5.85. The Balaban J connectivity index is 1.96. The van der Waals surface area contributed by atoms with Crippen LogP contribution in [0.2, 0.25) is 0 Å². The molecule has 4 nitrogen and oxygen atoms in total. The lowest BCUT2D eigenvalue weighted by molar-refractivity contribution is -0.123. The zero-order valence-electron chi connectivity index (χ0n) is 9.53. The van der Waals surface area contributed by atoms with Crippen LogP contribution in [-0.2, 0) is 4.79 Å². The Morgan fingerprint density at radius 3 is 3.25 bits per heavy atom. The zero-order chi connectivity index (χ0) is 11.4. The van der Waals surface area contributed by atoms with Gasteiger partial charge in [0, 0.05) is 12.5 Å². The molecule has 0 saturated carbocycles. The number of furan rings is 1. The second kappa shape index (κ2) is 5.16. The Kier molecular flexibility index (Phi) is 3.62. The maximum Gasteiger partial charge on any atom is 0.237 e. The molecule has 2 atom stereocenters. The van der Waals surface area contributed by atoms with E-state index < -0.39 is 0 Å². The molecule has 2 rings (SSSR count). The van der Waals surface area contributed by atoms with Crippen LogP contribution < -0.4 is 10.6 Å². The Morgan fingerprint density at radius 1 is 1.69 bits per heavy atom. The van der Waals surface area contributed by atoms with E-state index in [-0.39, 0.29) is 11.9 Å². The molecule has 0 bridgehead atoms. The van der Waals surface area contributed by atoms with E-state index in [1.807, 2.05) is 19.1 Å². The van der Waals surface area contributed by atoms with E-state index in [0.717, 1.165) is 25.1 Å². The molecule has 1 fully saturated rings. The highest BCUT2D eigenvalue weighted by molar-refractivity contribution is 5.81. The van der Waals surface area contributed by atoms with Gasteiger partial charge in [-0.15, -0.1) is 0 Å². The summed E-state index contributed by atoms with van der Waals surface area (Å²) in [6, 6.07) is 3.81. The van der Waals surface area contributed by atoms with Gasteiger partial charge in [0.25, 0.3) is 0 Å². The van der Waals surface area contributed by atoms with Crippen molar-refractivity contribution >= 4 is 5.91 Å². The highest BCUT2D eigenvalue weighted by Gasteiger charge is 2.28. The molecule has 16 heavy (non-hydrogen) atoms. The molecule has 2 heterocycles. The van der Waals surface area contributed by atoms with Gasteiger partial charge in [0.1, 0.15) is 5.76 Å². The minimum absolute atomic E-state index is 0.0798. The fourth-order valence-electron chi connectivity index (χ4n) is 2.20. The molecule has 0 aliphatic carbocycles. The van der Waals surface area contributed by atoms with Crippen molar-refractivity contribution in [2.45, 2.75) is 31.7 Å². The van der Waals surface area contributed by atoms with Crippen LogP contribution in [0.3, 0.4) is 0 Å². The molecule has 1 saturated heterocycles. The fraction of sp³-hybridized carbons (Fsp3) is 0.583. The smallest absolute Gasteiger partial charge is 0.237 e. The summed E-state index contributed by atoms with van der Waals surface area (Å²) in [5, 5.41) is 6.09. The molecule has 1 aromatic heterocycles. The lowest BCUT2D eigenvalue weighted by Gasteiger charge is -2.28. The van der Waals surface area contributed by atoms with Crippen LogP contribution in [-0.4, -0.2) is 25.0 Å². The highest BCUT2D eigenvalue weighted by Crippen LogP contribution is 2.27. The van der Waals surface area contributed by atoms with E-state index in [1.165, 1.54) is 0 Å². The summed E-state index contributed by atoms with van der Waals surface area (Å²) in [5.41, 5.74) is 0. The molecule has 88 valence electrons. The van der Waals surface area contributed by atoms with E-state index in [0.29, 0.717) is 12.5 Å². The van der Waals surface area contributed by atoms with Gasteiger partial charge in [-0.2, -0.15) is 0 Å². The van der Waals surface area contributed by atoms with Gasteiger partial charge < -0.3 is 15.1 Å². The Morgan fingerprint density at radius 2 is 2.56 bits per heavy atom. The van der Waals surface area contributed by atoms with Crippen molar-refractivity contribution in [3.63, 3.8) is 0 Å². The Labute approximate surface area is 95.4 Å². The SMILES string of the molecule is CCNC(=O)C1CC(c2ccco2)CCN1. The first-order valence-corrected chi connectivity index (χ1v) is 5.85. The van der Waals surface area contributed by atoms with Gasteiger partial charge in [-0.05, 0) is 38.4 Å². The molecule has 0 radical (unpaired) electrons. The monoisotopic (exact) mass is 222 g/mol. The van der Waals surface area contributed by atoms with Crippen molar-refractivity contribution in [3.8, 4) is 0 Å². The van der Waals surface area contributed by atoms with Gasteiger partial charge in [-0.3, -0.25) is 4.79 Å². The first kappa shape index (κ1) is 11.2. The second-order valence-corrected chi connectivity index (χ2v) is 4.14. The third-order valence-corrected chi connectivity index (χ3v) is 3.02. The summed E-state index contributed by atoms with van der Waals surface area (Å²) in [5.74, 6) is 1.46. The van der Waals surface area contributed by atoms with Crippen molar-refractivity contribution < 1.29 is 9.21 Å². The average molecular weight is 222 g/mol. The number of carbonyl (C=O) groups excluding carboxylic acids is 1. The van der Waals surface area contributed by atoms with E-state index in [4.69, 9.17) is 4.42 Å². The predicted molar refractivity (Wildman–Crippen MR) is 61.2 cm³/mol. The van der Waals surface area contributed by atoms with Crippen molar-refractivity contribution in [2.75, 3.05) is 13.1 Å². The number of rotatable bonds is 3. The highest BCUT2D eigenvalue weighted by atomic mass is 16.3. The molecule has 1 aromatic rings. The predicted octanol–water partition coefficient (Wildman–Crippen LogP) is 1.25. The summed E-state index contributed by atoms with van der Waals surface area (Å²) < 4.78 is 5.40. The van der Waals surface area contributed by atoms with Gasteiger partial charge in [-0.1, -0.05) is 0 Å². The van der Waals surface area contributed by atoms with Gasteiger partial charge in [0.2, 0.25) is 5.91 Å². The fourth-order valence-corrected chi connectivity index (χ4v) is 2.20. The molecule has 1 aliphatic heterocycles. The second-order valence-electron chi connectivity index (χ2n) is 4.14. The first-order chi connectivity index (χ1) is 7.81. The lowest BCUT2D eigenvalue weighted by atomic mass is 9.90. The molecule has 1 amide bonds. The summed E-state index contributed by atoms with van der Waals surface area (Å²) in [4.78, 5) is 11.7. The number of carbonyl (C=O) groups is 1. The number of piperidine rings is 1. The van der Waals surface area contributed by atoms with Crippen LogP contribution in [0.25, 0.3) is 0 Å². The van der Waals surface area contributed by atoms with Gasteiger partial charge in [0.15, 0.2) is 0 Å². The maximum atomic E-state index is 11.7. The van der Waals surface area contributed by atoms with E-state index in [1.54, 1.807) is 6.26 Å². The van der Waals surface area contributed by atoms with E-state index >= 15 is 0 Å². The molecular formula is C12H18N2O2. The number of hydrogen-bond acceptors (Lipinski definition) is 3. The number of amides is 1. The van der Waals surface area contributed by atoms with E-state index in [9.17, 15) is 4.79 Å². The summed E-state index contributed by atoms with van der Waals surface area (Å²) in [7, 11) is 0. The standard InChI is InChI=1S/C12H18N2O2/c1-2-13-12(15)10-8-9(5-6-14-10)11-4-3-7-16-11/h3-4,7,9-10,14H,2,5-6,8H2,1H3,(H,13,15). The van der Waals surface area contributed by atoms with Crippen LogP contribution in [0, 0.1) is 0 Å². The van der Waals surface area contributed by atoms with Crippen LogP contribution in [0.5, 0.6) is 0 Å². The van der Waals surface area contributed by atoms with Gasteiger partial charge in [0.05, 0.1) is 12.3 Å². The normalized spacial score (nSPS) is 25.3. The van der Waals surface area contributed by atoms with Crippen LogP contribution in [0.1, 0.15) is 31.4 Å². The van der Waals surface area contributed by atoms with E-state index in [2.05, 4.69) is 10.6 Å². The zero-order valence-corrected chi connectivity index (χ0v) is 9.53. The van der Waals surface area contributed by atoms with Gasteiger partial charge in [-0.25, -0.2) is 0 Å². The molecule has 2 N–H and O–H groups in total. The van der Waals surface area contributed by atoms with Gasteiger partial charge >= 0.3 is 0 Å². The van der Waals surface area contributed by atoms with Crippen LogP contribution in [0.4, 0.5) is 0 Å². The molecule has 1 aliphatic rings. The van der Waals surface area contributed by atoms with Crippen molar-refractivity contribution in [2.24, 2.45) is 0 Å². The van der Waals surface area contributed by atoms with Crippen molar-refractivity contribution in [1.29, 1.82) is 0 Å². The summed E-state index contributed by atoms with van der Waals surface area (Å²) >= 11 is 0.